The highest BCUT2D eigenvalue weighted by atomic mass is 16.5. The second-order valence-corrected chi connectivity index (χ2v) is 6.69. The highest BCUT2D eigenvalue weighted by molar-refractivity contribution is 5.78. The number of morpholine rings is 1. The average molecular weight is 409 g/mol. The van der Waals surface area contributed by atoms with Gasteiger partial charge in [0.25, 0.3) is 11.8 Å². The van der Waals surface area contributed by atoms with Gasteiger partial charge in [0, 0.05) is 24.2 Å². The summed E-state index contributed by atoms with van der Waals surface area (Å²) in [4.78, 5) is 18.5. The van der Waals surface area contributed by atoms with Crippen LogP contribution in [0.2, 0.25) is 0 Å². The summed E-state index contributed by atoms with van der Waals surface area (Å²) in [7, 11) is 0. The molecule has 1 aromatic heterocycles. The first-order valence-electron chi connectivity index (χ1n) is 9.88. The first-order valence-corrected chi connectivity index (χ1v) is 9.88. The molecule has 3 aromatic rings. The number of rotatable bonds is 7. The van der Waals surface area contributed by atoms with Gasteiger partial charge in [-0.15, -0.1) is 0 Å². The fourth-order valence-corrected chi connectivity index (χ4v) is 3.09. The molecule has 1 fully saturated rings. The molecule has 4 rings (SSSR count). The van der Waals surface area contributed by atoms with Crippen LogP contribution in [0.5, 0.6) is 11.5 Å². The van der Waals surface area contributed by atoms with Crippen LogP contribution in [0.4, 0.5) is 0 Å². The zero-order chi connectivity index (χ0) is 20.8. The zero-order valence-corrected chi connectivity index (χ0v) is 16.7. The van der Waals surface area contributed by atoms with Crippen LogP contribution < -0.4 is 9.47 Å². The lowest BCUT2D eigenvalue weighted by molar-refractivity contribution is -0.137. The van der Waals surface area contributed by atoms with E-state index in [1.807, 2.05) is 43.3 Å². The molecule has 0 saturated carbocycles. The number of benzene rings is 2. The first-order chi connectivity index (χ1) is 14.7. The third-order valence-corrected chi connectivity index (χ3v) is 4.66. The molecule has 1 aliphatic heterocycles. The monoisotopic (exact) mass is 409 g/mol. The Morgan fingerprint density at radius 3 is 2.60 bits per heavy atom. The summed E-state index contributed by atoms with van der Waals surface area (Å²) >= 11 is 0. The maximum atomic E-state index is 12.2. The van der Waals surface area contributed by atoms with E-state index >= 15 is 0 Å². The number of aromatic nitrogens is 2. The number of hydrogen-bond donors (Lipinski definition) is 0. The minimum absolute atomic E-state index is 0.0207. The molecule has 30 heavy (non-hydrogen) atoms. The normalized spacial score (nSPS) is 13.8. The lowest BCUT2D eigenvalue weighted by Crippen LogP contribution is -2.42. The van der Waals surface area contributed by atoms with E-state index in [1.54, 1.807) is 17.0 Å². The minimum Gasteiger partial charge on any atom is -0.494 e. The third kappa shape index (κ3) is 4.77. The summed E-state index contributed by atoms with van der Waals surface area (Å²) in [5.41, 5.74) is 1.55. The van der Waals surface area contributed by atoms with Crippen LogP contribution in [0.1, 0.15) is 6.92 Å². The fraction of sp³-hybridized carbons (Fsp3) is 0.318. The van der Waals surface area contributed by atoms with Crippen molar-refractivity contribution in [3.63, 3.8) is 0 Å². The molecule has 0 atom stereocenters. The predicted octanol–water partition coefficient (Wildman–Crippen LogP) is 3.04. The Labute approximate surface area is 174 Å². The number of ether oxygens (including phenoxy) is 3. The summed E-state index contributed by atoms with van der Waals surface area (Å²) in [6, 6.07) is 14.8. The van der Waals surface area contributed by atoms with E-state index in [2.05, 4.69) is 10.1 Å². The summed E-state index contributed by atoms with van der Waals surface area (Å²) < 4.78 is 21.8. The van der Waals surface area contributed by atoms with Crippen molar-refractivity contribution in [3.8, 4) is 34.3 Å². The Kier molecular flexibility index (Phi) is 6.24. The van der Waals surface area contributed by atoms with Crippen molar-refractivity contribution in [1.82, 2.24) is 15.0 Å². The lowest BCUT2D eigenvalue weighted by atomic mass is 10.2. The number of nitrogens with zero attached hydrogens (tertiary/aromatic N) is 3. The maximum absolute atomic E-state index is 12.2. The molecule has 0 spiro atoms. The largest absolute Gasteiger partial charge is 0.494 e. The topological polar surface area (TPSA) is 86.9 Å². The molecule has 0 unspecified atom stereocenters. The van der Waals surface area contributed by atoms with Crippen molar-refractivity contribution in [2.75, 3.05) is 39.5 Å². The Morgan fingerprint density at radius 2 is 1.83 bits per heavy atom. The second-order valence-electron chi connectivity index (χ2n) is 6.69. The molecule has 1 amide bonds. The molecule has 2 aromatic carbocycles. The maximum Gasteiger partial charge on any atom is 0.260 e. The van der Waals surface area contributed by atoms with Gasteiger partial charge in [-0.25, -0.2) is 0 Å². The predicted molar refractivity (Wildman–Crippen MR) is 109 cm³/mol. The van der Waals surface area contributed by atoms with Crippen LogP contribution in [-0.2, 0) is 9.53 Å². The minimum atomic E-state index is -0.0546. The van der Waals surface area contributed by atoms with E-state index in [4.69, 9.17) is 18.7 Å². The molecule has 156 valence electrons. The Balaban J connectivity index is 1.41. The molecular weight excluding hydrogens is 386 g/mol. The highest BCUT2D eigenvalue weighted by Gasteiger charge is 2.17. The summed E-state index contributed by atoms with van der Waals surface area (Å²) in [5, 5.41) is 4.07. The summed E-state index contributed by atoms with van der Waals surface area (Å²) in [6.07, 6.45) is 0. The molecule has 0 bridgehead atoms. The van der Waals surface area contributed by atoms with Crippen LogP contribution >= 0.6 is 0 Å². The smallest absolute Gasteiger partial charge is 0.260 e. The van der Waals surface area contributed by atoms with Crippen LogP contribution in [0.3, 0.4) is 0 Å². The van der Waals surface area contributed by atoms with Crippen LogP contribution in [0, 0.1) is 0 Å². The van der Waals surface area contributed by atoms with E-state index in [-0.39, 0.29) is 12.5 Å². The van der Waals surface area contributed by atoms with Crippen molar-refractivity contribution in [3.05, 3.63) is 48.5 Å². The van der Waals surface area contributed by atoms with Gasteiger partial charge in [0.05, 0.1) is 19.8 Å². The van der Waals surface area contributed by atoms with Crippen LogP contribution in [-0.4, -0.2) is 60.5 Å². The molecule has 2 heterocycles. The van der Waals surface area contributed by atoms with Crippen molar-refractivity contribution >= 4 is 5.91 Å². The standard InChI is InChI=1S/C22H23N3O5/c1-2-28-18-8-6-16(7-9-18)22-23-21(24-30-22)17-4-3-5-19(14-17)29-15-20(26)25-10-12-27-13-11-25/h3-9,14H,2,10-13,15H2,1H3. The van der Waals surface area contributed by atoms with Crippen LogP contribution in [0.15, 0.2) is 53.1 Å². The second kappa shape index (κ2) is 9.41. The van der Waals surface area contributed by atoms with Gasteiger partial charge in [0.2, 0.25) is 5.82 Å². The molecule has 1 saturated heterocycles. The van der Waals surface area contributed by atoms with E-state index in [0.29, 0.717) is 50.4 Å². The van der Waals surface area contributed by atoms with Crippen molar-refractivity contribution in [2.45, 2.75) is 6.92 Å². The molecule has 8 heteroatoms. The molecule has 0 aliphatic carbocycles. The Morgan fingerprint density at radius 1 is 1.03 bits per heavy atom. The van der Waals surface area contributed by atoms with Crippen molar-refractivity contribution in [2.24, 2.45) is 0 Å². The van der Waals surface area contributed by atoms with Gasteiger partial charge in [-0.1, -0.05) is 17.3 Å². The fourth-order valence-electron chi connectivity index (χ4n) is 3.09. The molecule has 0 N–H and O–H groups in total. The van der Waals surface area contributed by atoms with E-state index < -0.39 is 0 Å². The SMILES string of the molecule is CCOc1ccc(-c2nc(-c3cccc(OCC(=O)N4CCOCC4)c3)no2)cc1. The molecule has 8 nitrogen and oxygen atoms in total. The lowest BCUT2D eigenvalue weighted by Gasteiger charge is -2.26. The molecule has 1 aliphatic rings. The van der Waals surface area contributed by atoms with Gasteiger partial charge in [0.15, 0.2) is 6.61 Å². The third-order valence-electron chi connectivity index (χ3n) is 4.66. The molecule has 0 radical (unpaired) electrons. The van der Waals surface area contributed by atoms with Gasteiger partial charge in [-0.2, -0.15) is 4.98 Å². The van der Waals surface area contributed by atoms with E-state index in [1.165, 1.54) is 0 Å². The van der Waals surface area contributed by atoms with Gasteiger partial charge >= 0.3 is 0 Å². The van der Waals surface area contributed by atoms with Crippen molar-refractivity contribution in [1.29, 1.82) is 0 Å². The quantitative estimate of drug-likeness (QED) is 0.593. The Bertz CT molecular complexity index is 980. The van der Waals surface area contributed by atoms with Crippen LogP contribution in [0.25, 0.3) is 22.8 Å². The van der Waals surface area contributed by atoms with Gasteiger partial charge in [0.1, 0.15) is 11.5 Å². The van der Waals surface area contributed by atoms with Gasteiger partial charge < -0.3 is 23.6 Å². The summed E-state index contributed by atoms with van der Waals surface area (Å²) in [6.45, 7) is 4.85. The number of carbonyl (C=O) groups excluding carboxylic acids is 1. The van der Waals surface area contributed by atoms with E-state index in [0.717, 1.165) is 16.9 Å². The Hall–Kier alpha value is -3.39. The van der Waals surface area contributed by atoms with Gasteiger partial charge in [-0.05, 0) is 43.3 Å². The summed E-state index contributed by atoms with van der Waals surface area (Å²) in [5.74, 6) is 2.17. The number of amides is 1. The average Bonchev–Trinajstić information content (AvgIpc) is 3.29. The number of carbonyl (C=O) groups is 1. The zero-order valence-electron chi connectivity index (χ0n) is 16.7. The number of hydrogen-bond acceptors (Lipinski definition) is 7. The molecular formula is C22H23N3O5. The van der Waals surface area contributed by atoms with Gasteiger partial charge in [-0.3, -0.25) is 4.79 Å². The highest BCUT2D eigenvalue weighted by Crippen LogP contribution is 2.26. The van der Waals surface area contributed by atoms with E-state index in [9.17, 15) is 4.79 Å². The van der Waals surface area contributed by atoms with Crippen molar-refractivity contribution < 1.29 is 23.5 Å². The first kappa shape index (κ1) is 19.9.